The van der Waals surface area contributed by atoms with Gasteiger partial charge in [-0.1, -0.05) is 30.3 Å². The lowest BCUT2D eigenvalue weighted by Gasteiger charge is -2.09. The van der Waals surface area contributed by atoms with Crippen LogP contribution in [0.1, 0.15) is 11.3 Å². The van der Waals surface area contributed by atoms with Gasteiger partial charge in [-0.25, -0.2) is 9.67 Å². The summed E-state index contributed by atoms with van der Waals surface area (Å²) in [5, 5.41) is 31.2. The number of aliphatic imine (C=N–C) groups is 1. The Labute approximate surface area is 189 Å². The van der Waals surface area contributed by atoms with Crippen molar-refractivity contribution in [3.63, 3.8) is 0 Å². The number of nitro benzene ring substituents is 1. The summed E-state index contributed by atoms with van der Waals surface area (Å²) in [5.41, 5.74) is 3.19. The lowest BCUT2D eigenvalue weighted by Crippen LogP contribution is -2.20. The zero-order valence-corrected chi connectivity index (χ0v) is 18.0. The van der Waals surface area contributed by atoms with E-state index in [9.17, 15) is 20.3 Å². The number of hydrogen-bond donors (Lipinski definition) is 2. The number of nitro groups is 1. The highest BCUT2D eigenvalue weighted by Gasteiger charge is 2.16. The SMILES string of the molecule is Cc1c(N=Cc2ccc([N+](=O)[O-])c(O)c2)c(=Nc2ccccc2O)n(-c2ccccc2)n1C. The van der Waals surface area contributed by atoms with Crippen molar-refractivity contribution < 1.29 is 15.1 Å². The van der Waals surface area contributed by atoms with E-state index < -0.39 is 10.7 Å². The Morgan fingerprint density at radius 2 is 1.67 bits per heavy atom. The fourth-order valence-corrected chi connectivity index (χ4v) is 3.41. The van der Waals surface area contributed by atoms with E-state index >= 15 is 0 Å². The van der Waals surface area contributed by atoms with E-state index in [1.807, 2.05) is 53.7 Å². The van der Waals surface area contributed by atoms with E-state index in [0.29, 0.717) is 22.4 Å². The van der Waals surface area contributed by atoms with Gasteiger partial charge in [0.05, 0.1) is 16.3 Å². The van der Waals surface area contributed by atoms with Crippen molar-refractivity contribution in [2.24, 2.45) is 17.0 Å². The highest BCUT2D eigenvalue weighted by atomic mass is 16.6. The minimum absolute atomic E-state index is 0.0360. The zero-order chi connectivity index (χ0) is 23.5. The molecule has 0 aliphatic rings. The van der Waals surface area contributed by atoms with Crippen LogP contribution in [0.4, 0.5) is 17.1 Å². The maximum absolute atomic E-state index is 11.0. The number of aromatic nitrogens is 2. The zero-order valence-electron chi connectivity index (χ0n) is 18.0. The summed E-state index contributed by atoms with van der Waals surface area (Å²) in [4.78, 5) is 19.6. The third-order valence-corrected chi connectivity index (χ3v) is 5.19. The van der Waals surface area contributed by atoms with Gasteiger partial charge in [0.25, 0.3) is 0 Å². The van der Waals surface area contributed by atoms with E-state index in [0.717, 1.165) is 11.4 Å². The minimum Gasteiger partial charge on any atom is -0.506 e. The highest BCUT2D eigenvalue weighted by molar-refractivity contribution is 5.83. The third kappa shape index (κ3) is 4.24. The maximum atomic E-state index is 11.0. The van der Waals surface area contributed by atoms with Crippen molar-refractivity contribution in [1.29, 1.82) is 0 Å². The van der Waals surface area contributed by atoms with Gasteiger partial charge in [0, 0.05) is 19.3 Å². The first-order chi connectivity index (χ1) is 15.9. The summed E-state index contributed by atoms with van der Waals surface area (Å²) in [6, 6.07) is 20.4. The Balaban J connectivity index is 1.92. The predicted octanol–water partition coefficient (Wildman–Crippen LogP) is 4.43. The van der Waals surface area contributed by atoms with Gasteiger partial charge in [-0.3, -0.25) is 19.8 Å². The minimum atomic E-state index is -0.649. The molecule has 0 saturated heterocycles. The molecular weight excluding hydrogens is 422 g/mol. The van der Waals surface area contributed by atoms with Crippen molar-refractivity contribution in [3.8, 4) is 17.2 Å². The Kier molecular flexibility index (Phi) is 5.77. The van der Waals surface area contributed by atoms with Crippen LogP contribution in [0.5, 0.6) is 11.5 Å². The molecule has 2 N–H and O–H groups in total. The first-order valence-electron chi connectivity index (χ1n) is 10.0. The molecule has 0 radical (unpaired) electrons. The normalized spacial score (nSPS) is 11.9. The number of phenols is 2. The molecule has 1 aromatic heterocycles. The molecule has 0 atom stereocenters. The van der Waals surface area contributed by atoms with Crippen LogP contribution in [-0.4, -0.2) is 30.7 Å². The molecule has 33 heavy (non-hydrogen) atoms. The average molecular weight is 443 g/mol. The number of para-hydroxylation sites is 3. The van der Waals surface area contributed by atoms with E-state index in [1.165, 1.54) is 24.4 Å². The molecule has 4 aromatic rings. The Bertz CT molecular complexity index is 1440. The number of nitrogens with zero attached hydrogens (tertiary/aromatic N) is 5. The number of hydrogen-bond acceptors (Lipinski definition) is 6. The van der Waals surface area contributed by atoms with Crippen molar-refractivity contribution >= 4 is 23.3 Å². The van der Waals surface area contributed by atoms with Crippen molar-refractivity contribution in [2.45, 2.75) is 6.92 Å². The second-order valence-electron chi connectivity index (χ2n) is 7.29. The molecule has 9 heteroatoms. The van der Waals surface area contributed by atoms with Crippen molar-refractivity contribution in [2.75, 3.05) is 0 Å². The predicted molar refractivity (Wildman–Crippen MR) is 125 cm³/mol. The molecule has 0 fully saturated rings. The monoisotopic (exact) mass is 443 g/mol. The Hall–Kier alpha value is -4.66. The summed E-state index contributed by atoms with van der Waals surface area (Å²) in [7, 11) is 1.88. The molecule has 0 aliphatic heterocycles. The van der Waals surface area contributed by atoms with Crippen molar-refractivity contribution in [3.05, 3.63) is 99.7 Å². The molecule has 9 nitrogen and oxygen atoms in total. The maximum Gasteiger partial charge on any atom is 0.310 e. The van der Waals surface area contributed by atoms with Crippen LogP contribution in [0.15, 0.2) is 82.8 Å². The first kappa shape index (κ1) is 21.6. The Morgan fingerprint density at radius 3 is 2.33 bits per heavy atom. The fraction of sp³-hybridized carbons (Fsp3) is 0.0833. The summed E-state index contributed by atoms with van der Waals surface area (Å²) < 4.78 is 3.77. The van der Waals surface area contributed by atoms with Crippen LogP contribution >= 0.6 is 0 Å². The van der Waals surface area contributed by atoms with Crippen LogP contribution in [0.3, 0.4) is 0 Å². The molecule has 0 aliphatic carbocycles. The smallest absolute Gasteiger partial charge is 0.310 e. The van der Waals surface area contributed by atoms with Crippen LogP contribution < -0.4 is 5.49 Å². The van der Waals surface area contributed by atoms with Crippen LogP contribution in [0.2, 0.25) is 0 Å². The topological polar surface area (TPSA) is 118 Å². The van der Waals surface area contributed by atoms with E-state index in [4.69, 9.17) is 4.99 Å². The van der Waals surface area contributed by atoms with Gasteiger partial charge < -0.3 is 10.2 Å². The van der Waals surface area contributed by atoms with Gasteiger partial charge in [-0.2, -0.15) is 0 Å². The largest absolute Gasteiger partial charge is 0.506 e. The summed E-state index contributed by atoms with van der Waals surface area (Å²) in [5.74, 6) is -0.402. The molecular formula is C24H21N5O4. The highest BCUT2D eigenvalue weighted by Crippen LogP contribution is 2.27. The number of phenolic OH excluding ortho intramolecular Hbond substituents is 2. The third-order valence-electron chi connectivity index (χ3n) is 5.19. The molecule has 4 rings (SSSR count). The fourth-order valence-electron chi connectivity index (χ4n) is 3.41. The van der Waals surface area contributed by atoms with Crippen molar-refractivity contribution in [1.82, 2.24) is 9.36 Å². The van der Waals surface area contributed by atoms with E-state index in [2.05, 4.69) is 4.99 Å². The van der Waals surface area contributed by atoms with Gasteiger partial charge in [0.15, 0.2) is 11.2 Å². The summed E-state index contributed by atoms with van der Waals surface area (Å²) in [6.07, 6.45) is 1.50. The van der Waals surface area contributed by atoms with Crippen LogP contribution in [-0.2, 0) is 7.05 Å². The first-order valence-corrected chi connectivity index (χ1v) is 10.0. The molecule has 1 heterocycles. The van der Waals surface area contributed by atoms with Gasteiger partial charge in [-0.15, -0.1) is 0 Å². The summed E-state index contributed by atoms with van der Waals surface area (Å²) in [6.45, 7) is 1.89. The van der Waals surface area contributed by atoms with Gasteiger partial charge >= 0.3 is 5.69 Å². The average Bonchev–Trinajstić information content (AvgIpc) is 3.03. The van der Waals surface area contributed by atoms with E-state index in [1.54, 1.807) is 24.3 Å². The molecule has 0 spiro atoms. The standard InChI is InChI=1S/C24H21N5O4/c1-16-23(25-15-17-12-13-20(29(32)33)22(31)14-17)24(26-19-10-6-7-11-21(19)30)28(27(16)2)18-8-4-3-5-9-18/h3-15,30-31H,1-2H3. The quantitative estimate of drug-likeness (QED) is 0.269. The molecule has 3 aromatic carbocycles. The van der Waals surface area contributed by atoms with Crippen LogP contribution in [0.25, 0.3) is 5.69 Å². The van der Waals surface area contributed by atoms with E-state index in [-0.39, 0.29) is 11.4 Å². The number of aromatic hydroxyl groups is 2. The lowest BCUT2D eigenvalue weighted by atomic mass is 10.2. The second kappa shape index (κ2) is 8.83. The van der Waals surface area contributed by atoms with Gasteiger partial charge in [0.1, 0.15) is 17.1 Å². The van der Waals surface area contributed by atoms with Gasteiger partial charge in [0.2, 0.25) is 0 Å². The Morgan fingerprint density at radius 1 is 0.970 bits per heavy atom. The number of benzene rings is 3. The molecule has 0 amide bonds. The number of rotatable bonds is 5. The molecule has 166 valence electrons. The van der Waals surface area contributed by atoms with Crippen LogP contribution in [0, 0.1) is 17.0 Å². The molecule has 0 saturated carbocycles. The molecule has 0 bridgehead atoms. The summed E-state index contributed by atoms with van der Waals surface area (Å²) >= 11 is 0. The van der Waals surface area contributed by atoms with Gasteiger partial charge in [-0.05, 0) is 48.9 Å². The second-order valence-corrected chi connectivity index (χ2v) is 7.29. The lowest BCUT2D eigenvalue weighted by molar-refractivity contribution is -0.385. The molecule has 0 unspecified atom stereocenters.